The van der Waals surface area contributed by atoms with E-state index in [4.69, 9.17) is 5.73 Å². The second-order valence-electron chi connectivity index (χ2n) is 4.91. The Balaban J connectivity index is 1.90. The van der Waals surface area contributed by atoms with Crippen LogP contribution >= 0.6 is 0 Å². The van der Waals surface area contributed by atoms with E-state index in [-0.39, 0.29) is 5.91 Å². The topological polar surface area (TPSA) is 72.9 Å². The van der Waals surface area contributed by atoms with E-state index in [0.29, 0.717) is 18.8 Å². The zero-order chi connectivity index (χ0) is 14.5. The molecule has 0 saturated heterocycles. The van der Waals surface area contributed by atoms with Crippen molar-refractivity contribution in [1.82, 2.24) is 9.78 Å². The number of nitrogens with two attached hydrogens (primary N) is 1. The van der Waals surface area contributed by atoms with Gasteiger partial charge in [-0.2, -0.15) is 5.10 Å². The quantitative estimate of drug-likeness (QED) is 0.871. The lowest BCUT2D eigenvalue weighted by Gasteiger charge is -2.04. The van der Waals surface area contributed by atoms with Crippen molar-refractivity contribution in [3.63, 3.8) is 0 Å². The Morgan fingerprint density at radius 2 is 2.05 bits per heavy atom. The maximum absolute atomic E-state index is 11.9. The highest BCUT2D eigenvalue weighted by Crippen LogP contribution is 2.12. The van der Waals surface area contributed by atoms with Crippen LogP contribution in [0.2, 0.25) is 0 Å². The molecule has 5 heteroatoms. The van der Waals surface area contributed by atoms with Gasteiger partial charge >= 0.3 is 0 Å². The van der Waals surface area contributed by atoms with Gasteiger partial charge in [-0.3, -0.25) is 9.48 Å². The Morgan fingerprint density at radius 1 is 1.35 bits per heavy atom. The molecule has 0 aliphatic carbocycles. The summed E-state index contributed by atoms with van der Waals surface area (Å²) in [5, 5.41) is 7.01. The first-order valence-corrected chi connectivity index (χ1v) is 6.66. The van der Waals surface area contributed by atoms with Crippen LogP contribution in [0.3, 0.4) is 0 Å². The lowest BCUT2D eigenvalue weighted by atomic mass is 10.1. The van der Waals surface area contributed by atoms with Crippen LogP contribution in [0, 0.1) is 6.92 Å². The van der Waals surface area contributed by atoms with Gasteiger partial charge in [0.2, 0.25) is 5.91 Å². The first kappa shape index (κ1) is 14.3. The summed E-state index contributed by atoms with van der Waals surface area (Å²) in [6.07, 6.45) is 2.97. The zero-order valence-electron chi connectivity index (χ0n) is 11.9. The van der Waals surface area contributed by atoms with Crippen LogP contribution in [0.5, 0.6) is 0 Å². The number of hydrogen-bond donors (Lipinski definition) is 2. The van der Waals surface area contributed by atoms with E-state index in [9.17, 15) is 4.79 Å². The molecule has 0 radical (unpaired) electrons. The molecule has 3 N–H and O–H groups in total. The van der Waals surface area contributed by atoms with Gasteiger partial charge in [-0.05, 0) is 18.9 Å². The highest BCUT2D eigenvalue weighted by atomic mass is 16.1. The third kappa shape index (κ3) is 3.68. The molecule has 0 aliphatic rings. The van der Waals surface area contributed by atoms with Gasteiger partial charge in [0.15, 0.2) is 5.82 Å². The molecule has 1 amide bonds. The lowest BCUT2D eigenvalue weighted by Crippen LogP contribution is -2.14. The van der Waals surface area contributed by atoms with Crippen molar-refractivity contribution in [2.45, 2.75) is 26.3 Å². The molecule has 0 aliphatic heterocycles. The SMILES string of the molecule is Cc1ccc(CCC(=O)Nc2nn(C)cc2CN)cc1. The number of anilines is 1. The molecule has 1 heterocycles. The molecule has 1 aromatic heterocycles. The van der Waals surface area contributed by atoms with E-state index in [1.807, 2.05) is 13.1 Å². The van der Waals surface area contributed by atoms with E-state index in [0.717, 1.165) is 17.5 Å². The van der Waals surface area contributed by atoms with Crippen molar-refractivity contribution in [2.24, 2.45) is 12.8 Å². The Bertz CT molecular complexity index is 586. The number of nitrogens with one attached hydrogen (secondary N) is 1. The number of nitrogens with zero attached hydrogens (tertiary/aromatic N) is 2. The number of amides is 1. The summed E-state index contributed by atoms with van der Waals surface area (Å²) in [7, 11) is 1.81. The van der Waals surface area contributed by atoms with Gasteiger partial charge in [-0.1, -0.05) is 29.8 Å². The summed E-state index contributed by atoms with van der Waals surface area (Å²) >= 11 is 0. The number of aromatic nitrogens is 2. The van der Waals surface area contributed by atoms with Crippen LogP contribution in [0.15, 0.2) is 30.5 Å². The minimum atomic E-state index is -0.0426. The van der Waals surface area contributed by atoms with Crippen molar-refractivity contribution < 1.29 is 4.79 Å². The average Bonchev–Trinajstić information content (AvgIpc) is 2.78. The largest absolute Gasteiger partial charge is 0.326 e. The van der Waals surface area contributed by atoms with E-state index < -0.39 is 0 Å². The first-order valence-electron chi connectivity index (χ1n) is 6.66. The minimum Gasteiger partial charge on any atom is -0.326 e. The Labute approximate surface area is 118 Å². The summed E-state index contributed by atoms with van der Waals surface area (Å²) in [4.78, 5) is 11.9. The van der Waals surface area contributed by atoms with Gasteiger partial charge in [-0.15, -0.1) is 0 Å². The summed E-state index contributed by atoms with van der Waals surface area (Å²) in [5.74, 6) is 0.517. The van der Waals surface area contributed by atoms with Gasteiger partial charge in [0, 0.05) is 31.8 Å². The Hall–Kier alpha value is -2.14. The van der Waals surface area contributed by atoms with Crippen LogP contribution in [0.4, 0.5) is 5.82 Å². The fourth-order valence-electron chi connectivity index (χ4n) is 2.00. The molecule has 20 heavy (non-hydrogen) atoms. The summed E-state index contributed by atoms with van der Waals surface area (Å²) in [6.45, 7) is 2.41. The van der Waals surface area contributed by atoms with Crippen LogP contribution in [0.1, 0.15) is 23.1 Å². The van der Waals surface area contributed by atoms with Gasteiger partial charge in [0.1, 0.15) is 0 Å². The summed E-state index contributed by atoms with van der Waals surface area (Å²) in [6, 6.07) is 8.21. The summed E-state index contributed by atoms with van der Waals surface area (Å²) < 4.78 is 1.65. The van der Waals surface area contributed by atoms with Crippen LogP contribution in [0.25, 0.3) is 0 Å². The number of carbonyl (C=O) groups is 1. The van der Waals surface area contributed by atoms with E-state index in [1.165, 1.54) is 5.56 Å². The molecule has 0 bridgehead atoms. The van der Waals surface area contributed by atoms with E-state index in [2.05, 4.69) is 34.7 Å². The normalized spacial score (nSPS) is 10.6. The Kier molecular flexibility index (Phi) is 4.53. The molecular weight excluding hydrogens is 252 g/mol. The number of carbonyl (C=O) groups excluding carboxylic acids is 1. The van der Waals surface area contributed by atoms with Crippen LogP contribution < -0.4 is 11.1 Å². The number of benzene rings is 1. The van der Waals surface area contributed by atoms with Crippen molar-refractivity contribution in [2.75, 3.05) is 5.32 Å². The van der Waals surface area contributed by atoms with E-state index >= 15 is 0 Å². The molecule has 2 aromatic rings. The van der Waals surface area contributed by atoms with E-state index in [1.54, 1.807) is 11.7 Å². The third-order valence-corrected chi connectivity index (χ3v) is 3.14. The monoisotopic (exact) mass is 272 g/mol. The molecule has 5 nitrogen and oxygen atoms in total. The van der Waals surface area contributed by atoms with Crippen molar-refractivity contribution >= 4 is 11.7 Å². The van der Waals surface area contributed by atoms with Gasteiger partial charge in [-0.25, -0.2) is 0 Å². The van der Waals surface area contributed by atoms with Crippen LogP contribution in [-0.2, 0) is 24.8 Å². The van der Waals surface area contributed by atoms with Crippen LogP contribution in [-0.4, -0.2) is 15.7 Å². The lowest BCUT2D eigenvalue weighted by molar-refractivity contribution is -0.116. The van der Waals surface area contributed by atoms with Crippen molar-refractivity contribution in [3.8, 4) is 0 Å². The highest BCUT2D eigenvalue weighted by molar-refractivity contribution is 5.90. The smallest absolute Gasteiger partial charge is 0.225 e. The molecule has 2 rings (SSSR count). The predicted octanol–water partition coefficient (Wildman–Crippen LogP) is 1.76. The molecule has 0 saturated carbocycles. The van der Waals surface area contributed by atoms with Gasteiger partial charge in [0.05, 0.1) is 0 Å². The second kappa shape index (κ2) is 6.34. The molecule has 106 valence electrons. The second-order valence-corrected chi connectivity index (χ2v) is 4.91. The number of aryl methyl sites for hydroxylation is 3. The maximum atomic E-state index is 11.9. The number of hydrogen-bond acceptors (Lipinski definition) is 3. The minimum absolute atomic E-state index is 0.0426. The zero-order valence-corrected chi connectivity index (χ0v) is 11.9. The third-order valence-electron chi connectivity index (χ3n) is 3.14. The average molecular weight is 272 g/mol. The standard InChI is InChI=1S/C15H20N4O/c1-11-3-5-12(6-4-11)7-8-14(20)17-15-13(9-16)10-19(2)18-15/h3-6,10H,7-9,16H2,1-2H3,(H,17,18,20). The molecule has 0 spiro atoms. The van der Waals surface area contributed by atoms with Gasteiger partial charge in [0.25, 0.3) is 0 Å². The maximum Gasteiger partial charge on any atom is 0.225 e. The first-order chi connectivity index (χ1) is 9.58. The Morgan fingerprint density at radius 3 is 2.70 bits per heavy atom. The molecule has 1 aromatic carbocycles. The van der Waals surface area contributed by atoms with Crippen molar-refractivity contribution in [1.29, 1.82) is 0 Å². The highest BCUT2D eigenvalue weighted by Gasteiger charge is 2.10. The molecular formula is C15H20N4O. The fraction of sp³-hybridized carbons (Fsp3) is 0.333. The number of rotatable bonds is 5. The molecule has 0 atom stereocenters. The molecule has 0 unspecified atom stereocenters. The predicted molar refractivity (Wildman–Crippen MR) is 79.2 cm³/mol. The van der Waals surface area contributed by atoms with Crippen molar-refractivity contribution in [3.05, 3.63) is 47.2 Å². The molecule has 0 fully saturated rings. The van der Waals surface area contributed by atoms with Gasteiger partial charge < -0.3 is 11.1 Å². The summed E-state index contributed by atoms with van der Waals surface area (Å²) in [5.41, 5.74) is 8.84. The fourth-order valence-corrected chi connectivity index (χ4v) is 2.00.